The van der Waals surface area contributed by atoms with Gasteiger partial charge in [-0.1, -0.05) is 34.1 Å². The van der Waals surface area contributed by atoms with E-state index in [0.717, 1.165) is 0 Å². The Hall–Kier alpha value is -0.0800. The van der Waals surface area contributed by atoms with Gasteiger partial charge in [-0.25, -0.2) is 0 Å². The molecule has 2 heteroatoms. The van der Waals surface area contributed by atoms with E-state index in [4.69, 9.17) is 5.73 Å². The van der Waals surface area contributed by atoms with Crippen LogP contribution in [0.2, 0.25) is 0 Å². The fraction of sp³-hybridized carbons (Fsp3) is 1.00. The van der Waals surface area contributed by atoms with Crippen molar-refractivity contribution in [1.82, 2.24) is 5.32 Å². The number of hydrogen-bond acceptors (Lipinski definition) is 2. The van der Waals surface area contributed by atoms with Gasteiger partial charge in [0.15, 0.2) is 0 Å². The van der Waals surface area contributed by atoms with Crippen LogP contribution in [0.15, 0.2) is 0 Å². The van der Waals surface area contributed by atoms with Crippen LogP contribution in [0.4, 0.5) is 0 Å². The molecule has 0 saturated carbocycles. The van der Waals surface area contributed by atoms with Crippen molar-refractivity contribution >= 4 is 0 Å². The molecule has 1 heterocycles. The Kier molecular flexibility index (Phi) is 7.20. The largest absolute Gasteiger partial charge is 0.325 e. The molecule has 1 aliphatic rings. The standard InChI is InChI=1S/C8H19N.C5H11N/c1-6(2)8(5,9)7(3)4;1-2-4-6-5-3-1/h6-7H,9H2,1-5H3;6H,1-5H2. The minimum atomic E-state index is 0.000000000000000222. The van der Waals surface area contributed by atoms with Gasteiger partial charge in [-0.2, -0.15) is 0 Å². The quantitative estimate of drug-likeness (QED) is 0.742. The van der Waals surface area contributed by atoms with Crippen LogP contribution in [0.5, 0.6) is 0 Å². The zero-order valence-corrected chi connectivity index (χ0v) is 11.3. The van der Waals surface area contributed by atoms with Gasteiger partial charge in [0.1, 0.15) is 0 Å². The van der Waals surface area contributed by atoms with Crippen LogP contribution < -0.4 is 11.1 Å². The van der Waals surface area contributed by atoms with E-state index in [1.807, 2.05) is 0 Å². The smallest absolute Gasteiger partial charge is 0.0172 e. The summed E-state index contributed by atoms with van der Waals surface area (Å²) in [5.41, 5.74) is 6.00. The van der Waals surface area contributed by atoms with E-state index >= 15 is 0 Å². The van der Waals surface area contributed by atoms with E-state index < -0.39 is 0 Å². The summed E-state index contributed by atoms with van der Waals surface area (Å²) in [6, 6.07) is 0. The van der Waals surface area contributed by atoms with E-state index in [0.29, 0.717) is 11.8 Å². The van der Waals surface area contributed by atoms with Gasteiger partial charge in [-0.15, -0.1) is 0 Å². The highest BCUT2D eigenvalue weighted by Crippen LogP contribution is 2.21. The zero-order chi connectivity index (χ0) is 11.9. The van der Waals surface area contributed by atoms with Crippen LogP contribution in [0.3, 0.4) is 0 Å². The van der Waals surface area contributed by atoms with E-state index in [1.54, 1.807) is 0 Å². The average Bonchev–Trinajstić information content (AvgIpc) is 2.21. The van der Waals surface area contributed by atoms with Crippen molar-refractivity contribution in [2.75, 3.05) is 13.1 Å². The molecule has 0 aliphatic carbocycles. The van der Waals surface area contributed by atoms with Crippen molar-refractivity contribution in [3.05, 3.63) is 0 Å². The van der Waals surface area contributed by atoms with Crippen molar-refractivity contribution in [3.8, 4) is 0 Å². The molecular weight excluding hydrogens is 184 g/mol. The van der Waals surface area contributed by atoms with E-state index in [2.05, 4.69) is 39.9 Å². The Balaban J connectivity index is 0.000000280. The van der Waals surface area contributed by atoms with Crippen LogP contribution >= 0.6 is 0 Å². The monoisotopic (exact) mass is 214 g/mol. The summed E-state index contributed by atoms with van der Waals surface area (Å²) < 4.78 is 0. The SMILES string of the molecule is C1CCNCC1.CC(C)C(C)(N)C(C)C. The van der Waals surface area contributed by atoms with Gasteiger partial charge >= 0.3 is 0 Å². The molecule has 0 atom stereocenters. The van der Waals surface area contributed by atoms with Gasteiger partial charge < -0.3 is 11.1 Å². The van der Waals surface area contributed by atoms with Crippen LogP contribution in [0, 0.1) is 11.8 Å². The lowest BCUT2D eigenvalue weighted by atomic mass is 9.80. The molecule has 1 rings (SSSR count). The first kappa shape index (κ1) is 14.9. The Labute approximate surface area is 96.0 Å². The van der Waals surface area contributed by atoms with Gasteiger partial charge in [-0.3, -0.25) is 0 Å². The highest BCUT2D eigenvalue weighted by Gasteiger charge is 2.26. The summed E-state index contributed by atoms with van der Waals surface area (Å²) in [4.78, 5) is 0. The number of nitrogens with one attached hydrogen (secondary N) is 1. The van der Waals surface area contributed by atoms with E-state index in [1.165, 1.54) is 32.4 Å². The van der Waals surface area contributed by atoms with Crippen LogP contribution in [0.25, 0.3) is 0 Å². The number of nitrogens with two attached hydrogens (primary N) is 1. The summed E-state index contributed by atoms with van der Waals surface area (Å²) in [6.45, 7) is 13.3. The maximum absolute atomic E-state index is 6.00. The molecule has 1 fully saturated rings. The molecule has 0 amide bonds. The fourth-order valence-corrected chi connectivity index (χ4v) is 1.47. The molecule has 0 bridgehead atoms. The lowest BCUT2D eigenvalue weighted by molar-refractivity contribution is 0.250. The summed E-state index contributed by atoms with van der Waals surface area (Å²) in [6.07, 6.45) is 4.22. The topological polar surface area (TPSA) is 38.0 Å². The Bertz CT molecular complexity index is 125. The van der Waals surface area contributed by atoms with Crippen molar-refractivity contribution in [2.45, 2.75) is 59.4 Å². The first-order valence-electron chi connectivity index (χ1n) is 6.38. The van der Waals surface area contributed by atoms with Gasteiger partial charge in [0.05, 0.1) is 0 Å². The second kappa shape index (κ2) is 7.24. The maximum Gasteiger partial charge on any atom is 0.0172 e. The normalized spacial score (nSPS) is 17.6. The average molecular weight is 214 g/mol. The third-order valence-corrected chi connectivity index (χ3v) is 3.70. The van der Waals surface area contributed by atoms with Crippen molar-refractivity contribution in [2.24, 2.45) is 17.6 Å². The predicted molar refractivity (Wildman–Crippen MR) is 69.0 cm³/mol. The second-order valence-electron chi connectivity index (χ2n) is 5.49. The van der Waals surface area contributed by atoms with Crippen LogP contribution in [0.1, 0.15) is 53.9 Å². The Morgan fingerprint density at radius 1 is 0.933 bits per heavy atom. The molecule has 1 saturated heterocycles. The minimum absolute atomic E-state index is 0.000000000000000222. The molecule has 0 spiro atoms. The van der Waals surface area contributed by atoms with Crippen molar-refractivity contribution in [1.29, 1.82) is 0 Å². The number of rotatable bonds is 2. The molecule has 0 aromatic carbocycles. The molecule has 0 aromatic rings. The van der Waals surface area contributed by atoms with Crippen molar-refractivity contribution in [3.63, 3.8) is 0 Å². The molecule has 0 radical (unpaired) electrons. The Morgan fingerprint density at radius 2 is 1.33 bits per heavy atom. The molecule has 0 unspecified atom stereocenters. The lowest BCUT2D eigenvalue weighted by Crippen LogP contribution is -2.46. The van der Waals surface area contributed by atoms with Crippen LogP contribution in [-0.4, -0.2) is 18.6 Å². The lowest BCUT2D eigenvalue weighted by Gasteiger charge is -2.33. The molecule has 1 aliphatic heterocycles. The highest BCUT2D eigenvalue weighted by molar-refractivity contribution is 4.84. The first-order valence-corrected chi connectivity index (χ1v) is 6.38. The van der Waals surface area contributed by atoms with E-state index in [9.17, 15) is 0 Å². The molecule has 2 nitrogen and oxygen atoms in total. The summed E-state index contributed by atoms with van der Waals surface area (Å²) in [7, 11) is 0. The first-order chi connectivity index (χ1) is 6.89. The van der Waals surface area contributed by atoms with Crippen molar-refractivity contribution < 1.29 is 0 Å². The summed E-state index contributed by atoms with van der Waals surface area (Å²) >= 11 is 0. The van der Waals surface area contributed by atoms with Gasteiger partial charge in [0.2, 0.25) is 0 Å². The third-order valence-electron chi connectivity index (χ3n) is 3.70. The Morgan fingerprint density at radius 3 is 1.40 bits per heavy atom. The number of piperidine rings is 1. The predicted octanol–water partition coefficient (Wildman–Crippen LogP) is 2.78. The van der Waals surface area contributed by atoms with Crippen LogP contribution in [-0.2, 0) is 0 Å². The molecule has 3 N–H and O–H groups in total. The third kappa shape index (κ3) is 6.16. The fourth-order valence-electron chi connectivity index (χ4n) is 1.47. The summed E-state index contributed by atoms with van der Waals surface area (Å²) in [5, 5.41) is 3.28. The molecule has 0 aromatic heterocycles. The summed E-state index contributed by atoms with van der Waals surface area (Å²) in [5.74, 6) is 1.13. The molecule has 15 heavy (non-hydrogen) atoms. The second-order valence-corrected chi connectivity index (χ2v) is 5.49. The molecule has 92 valence electrons. The van der Waals surface area contributed by atoms with E-state index in [-0.39, 0.29) is 5.54 Å². The van der Waals surface area contributed by atoms with Gasteiger partial charge in [-0.05, 0) is 44.7 Å². The maximum atomic E-state index is 6.00. The minimum Gasteiger partial charge on any atom is -0.325 e. The van der Waals surface area contributed by atoms with Gasteiger partial charge in [0, 0.05) is 5.54 Å². The highest BCUT2D eigenvalue weighted by atomic mass is 14.9. The zero-order valence-electron chi connectivity index (χ0n) is 11.3. The number of hydrogen-bond donors (Lipinski definition) is 2. The van der Waals surface area contributed by atoms with Gasteiger partial charge in [0.25, 0.3) is 0 Å². The molecular formula is C13H30N2.